The van der Waals surface area contributed by atoms with Gasteiger partial charge in [-0.25, -0.2) is 0 Å². The quantitative estimate of drug-likeness (QED) is 0.498. The van der Waals surface area contributed by atoms with Gasteiger partial charge in [-0.15, -0.1) is 0 Å². The minimum Gasteiger partial charge on any atom is -0.465 e. The molecular formula is C20H23ClO4. The molecule has 0 heterocycles. The maximum atomic E-state index is 11.2. The SMILES string of the molecule is CCCC(=O)OCCC(C)(O)Oc1ccc(Cl)cc1.c1cc2ccc1=2. The molecule has 5 heteroatoms. The molecule has 25 heavy (non-hydrogen) atoms. The normalized spacial score (nSPS) is 13.1. The van der Waals surface area contributed by atoms with Gasteiger partial charge in [0.25, 0.3) is 0 Å². The fourth-order valence-corrected chi connectivity index (χ4v) is 2.23. The number of rotatable bonds is 7. The summed E-state index contributed by atoms with van der Waals surface area (Å²) >= 11 is 5.76. The van der Waals surface area contributed by atoms with Crippen molar-refractivity contribution in [1.82, 2.24) is 0 Å². The maximum absolute atomic E-state index is 11.2. The Morgan fingerprint density at radius 1 is 1.08 bits per heavy atom. The summed E-state index contributed by atoms with van der Waals surface area (Å²) in [5, 5.41) is 13.5. The summed E-state index contributed by atoms with van der Waals surface area (Å²) in [6.07, 6.45) is 1.34. The fourth-order valence-electron chi connectivity index (χ4n) is 2.10. The van der Waals surface area contributed by atoms with Crippen molar-refractivity contribution in [3.05, 3.63) is 64.0 Å². The van der Waals surface area contributed by atoms with Crippen LogP contribution < -0.4 is 4.74 Å². The zero-order valence-electron chi connectivity index (χ0n) is 14.5. The Morgan fingerprint density at radius 2 is 1.64 bits per heavy atom. The lowest BCUT2D eigenvalue weighted by Gasteiger charge is -2.24. The van der Waals surface area contributed by atoms with Crippen LogP contribution >= 0.6 is 11.6 Å². The molecule has 0 radical (unpaired) electrons. The molecule has 134 valence electrons. The summed E-state index contributed by atoms with van der Waals surface area (Å²) in [6.45, 7) is 3.55. The van der Waals surface area contributed by atoms with Crippen LogP contribution in [0.15, 0.2) is 48.5 Å². The second-order valence-corrected chi connectivity index (χ2v) is 6.47. The van der Waals surface area contributed by atoms with Gasteiger partial charge in [0.2, 0.25) is 5.79 Å². The summed E-state index contributed by atoms with van der Waals surface area (Å²) in [7, 11) is 0. The number of halogens is 1. The van der Waals surface area contributed by atoms with Gasteiger partial charge in [0.1, 0.15) is 5.75 Å². The van der Waals surface area contributed by atoms with Crippen molar-refractivity contribution in [3.63, 3.8) is 0 Å². The standard InChI is InChI=1S/C14H19ClO4.C6H4/c1-3-4-13(16)18-10-9-14(2,17)19-12-7-5-11(15)6-8-12;1-2-6-4-3-5(1)6/h5-8,17H,3-4,9-10H2,1-2H3;1-4H. The second kappa shape index (κ2) is 8.88. The van der Waals surface area contributed by atoms with Crippen LogP contribution in [0.25, 0.3) is 0 Å². The lowest BCUT2D eigenvalue weighted by atomic mass is 10.1. The van der Waals surface area contributed by atoms with E-state index in [9.17, 15) is 9.90 Å². The lowest BCUT2D eigenvalue weighted by molar-refractivity contribution is -0.155. The van der Waals surface area contributed by atoms with Gasteiger partial charge in [0.05, 0.1) is 6.61 Å². The van der Waals surface area contributed by atoms with Crippen molar-refractivity contribution in [2.75, 3.05) is 6.61 Å². The first kappa shape index (κ1) is 19.3. The lowest BCUT2D eigenvalue weighted by Crippen LogP contribution is -2.33. The van der Waals surface area contributed by atoms with E-state index in [4.69, 9.17) is 21.1 Å². The number of benzene rings is 2. The molecule has 4 nitrogen and oxygen atoms in total. The van der Waals surface area contributed by atoms with Crippen molar-refractivity contribution in [3.8, 4) is 5.75 Å². The molecule has 1 atom stereocenters. The molecule has 3 rings (SSSR count). The summed E-state index contributed by atoms with van der Waals surface area (Å²) < 4.78 is 10.4. The molecule has 1 unspecified atom stereocenters. The highest BCUT2D eigenvalue weighted by atomic mass is 35.5. The summed E-state index contributed by atoms with van der Waals surface area (Å²) in [4.78, 5) is 11.2. The van der Waals surface area contributed by atoms with E-state index < -0.39 is 5.79 Å². The van der Waals surface area contributed by atoms with E-state index >= 15 is 0 Å². The van der Waals surface area contributed by atoms with Gasteiger partial charge in [0.15, 0.2) is 0 Å². The van der Waals surface area contributed by atoms with Crippen LogP contribution in [0.5, 0.6) is 5.75 Å². The van der Waals surface area contributed by atoms with Crippen LogP contribution in [0.4, 0.5) is 0 Å². The molecule has 0 fully saturated rings. The van der Waals surface area contributed by atoms with Crippen LogP contribution in [0.2, 0.25) is 5.02 Å². The van der Waals surface area contributed by atoms with E-state index in [-0.39, 0.29) is 19.0 Å². The Kier molecular flexibility index (Phi) is 6.85. The van der Waals surface area contributed by atoms with Crippen molar-refractivity contribution in [1.29, 1.82) is 0 Å². The summed E-state index contributed by atoms with van der Waals surface area (Å²) in [5.41, 5.74) is 0. The Morgan fingerprint density at radius 3 is 2.08 bits per heavy atom. The summed E-state index contributed by atoms with van der Waals surface area (Å²) in [6, 6.07) is 15.2. The molecule has 1 aromatic rings. The van der Waals surface area contributed by atoms with Crippen LogP contribution in [0.1, 0.15) is 33.1 Å². The van der Waals surface area contributed by atoms with Gasteiger partial charge in [-0.2, -0.15) is 0 Å². The third-order valence-electron chi connectivity index (χ3n) is 3.65. The highest BCUT2D eigenvalue weighted by Gasteiger charge is 2.23. The molecule has 0 spiro atoms. The van der Waals surface area contributed by atoms with Crippen molar-refractivity contribution in [2.24, 2.45) is 0 Å². The summed E-state index contributed by atoms with van der Waals surface area (Å²) in [5.74, 6) is -1.14. The van der Waals surface area contributed by atoms with Gasteiger partial charge >= 0.3 is 5.97 Å². The predicted molar refractivity (Wildman–Crippen MR) is 97.3 cm³/mol. The number of carbonyl (C=O) groups excluding carboxylic acids is 1. The van der Waals surface area contributed by atoms with Gasteiger partial charge in [-0.3, -0.25) is 4.79 Å². The third-order valence-corrected chi connectivity index (χ3v) is 3.90. The molecule has 0 amide bonds. The molecule has 0 saturated carbocycles. The predicted octanol–water partition coefficient (Wildman–Crippen LogP) is 4.45. The van der Waals surface area contributed by atoms with Gasteiger partial charge < -0.3 is 14.6 Å². The maximum Gasteiger partial charge on any atom is 0.305 e. The van der Waals surface area contributed by atoms with E-state index in [1.165, 1.54) is 17.4 Å². The van der Waals surface area contributed by atoms with Crippen molar-refractivity contribution < 1.29 is 19.4 Å². The number of esters is 1. The second-order valence-electron chi connectivity index (χ2n) is 6.03. The molecule has 1 N–H and O–H groups in total. The van der Waals surface area contributed by atoms with E-state index in [0.29, 0.717) is 17.2 Å². The molecule has 0 bridgehead atoms. The number of aliphatic hydroxyl groups is 1. The van der Waals surface area contributed by atoms with Gasteiger partial charge in [-0.05, 0) is 41.1 Å². The monoisotopic (exact) mass is 362 g/mol. The first-order valence-electron chi connectivity index (χ1n) is 8.32. The van der Waals surface area contributed by atoms with Crippen LogP contribution in [-0.4, -0.2) is 23.5 Å². The minimum atomic E-state index is -1.39. The third kappa shape index (κ3) is 6.40. The van der Waals surface area contributed by atoms with Crippen molar-refractivity contribution in [2.45, 2.75) is 38.9 Å². The Hall–Kier alpha value is -2.04. The first-order chi connectivity index (χ1) is 11.9. The average Bonchev–Trinajstić information content (AvgIpc) is 2.53. The van der Waals surface area contributed by atoms with Crippen LogP contribution in [-0.2, 0) is 9.53 Å². The molecule has 1 aromatic carbocycles. The highest BCUT2D eigenvalue weighted by molar-refractivity contribution is 6.30. The Bertz CT molecular complexity index is 734. The van der Waals surface area contributed by atoms with Gasteiger partial charge in [-0.1, -0.05) is 42.8 Å². The Balaban J connectivity index is 0.000000306. The van der Waals surface area contributed by atoms with E-state index in [0.717, 1.165) is 6.42 Å². The van der Waals surface area contributed by atoms with Gasteiger partial charge in [0, 0.05) is 24.8 Å². The topological polar surface area (TPSA) is 55.8 Å². The van der Waals surface area contributed by atoms with Crippen LogP contribution in [0, 0.1) is 10.4 Å². The molecular weight excluding hydrogens is 340 g/mol. The number of carbonyl (C=O) groups is 1. The number of ether oxygens (including phenoxy) is 2. The molecule has 0 saturated heterocycles. The fraction of sp³-hybridized carbons (Fsp3) is 0.350. The smallest absolute Gasteiger partial charge is 0.305 e. The molecule has 2 aliphatic rings. The number of hydrogen-bond donors (Lipinski definition) is 1. The molecule has 0 aromatic heterocycles. The molecule has 0 aliphatic heterocycles. The average molecular weight is 363 g/mol. The van der Waals surface area contributed by atoms with E-state index in [2.05, 4.69) is 24.3 Å². The minimum absolute atomic E-state index is 0.124. The van der Waals surface area contributed by atoms with E-state index in [1.807, 2.05) is 6.92 Å². The Labute approximate surface area is 152 Å². The highest BCUT2D eigenvalue weighted by Crippen LogP contribution is 2.21. The van der Waals surface area contributed by atoms with Crippen LogP contribution in [0.3, 0.4) is 0 Å². The zero-order chi connectivity index (χ0) is 18.3. The first-order valence-corrected chi connectivity index (χ1v) is 8.70. The van der Waals surface area contributed by atoms with Crippen molar-refractivity contribution >= 4 is 17.6 Å². The largest absolute Gasteiger partial charge is 0.465 e. The molecule has 2 aliphatic carbocycles. The number of hydrogen-bond acceptors (Lipinski definition) is 4. The zero-order valence-corrected chi connectivity index (χ0v) is 15.3. The van der Waals surface area contributed by atoms with E-state index in [1.54, 1.807) is 24.3 Å².